The SMILES string of the molecule is CCCN=C(N)NC(C)c1cc(C)sc1C. The molecule has 1 heterocycles. The van der Waals surface area contributed by atoms with Gasteiger partial charge in [-0.05, 0) is 38.8 Å². The lowest BCUT2D eigenvalue weighted by Crippen LogP contribution is -2.34. The predicted molar refractivity (Wildman–Crippen MR) is 72.1 cm³/mol. The second-order valence-corrected chi connectivity index (χ2v) is 5.46. The molecule has 1 aromatic heterocycles. The Labute approximate surface area is 102 Å². The fourth-order valence-corrected chi connectivity index (χ4v) is 2.68. The van der Waals surface area contributed by atoms with Crippen molar-refractivity contribution in [2.75, 3.05) is 6.54 Å². The van der Waals surface area contributed by atoms with E-state index in [-0.39, 0.29) is 6.04 Å². The van der Waals surface area contributed by atoms with E-state index in [1.54, 1.807) is 0 Å². The standard InChI is InChI=1S/C12H21N3S/c1-5-6-14-12(13)15-9(3)11-7-8(2)16-10(11)4/h7,9H,5-6H2,1-4H3,(H3,13,14,15). The van der Waals surface area contributed by atoms with Gasteiger partial charge in [-0.25, -0.2) is 0 Å². The van der Waals surface area contributed by atoms with Crippen LogP contribution in [0, 0.1) is 13.8 Å². The van der Waals surface area contributed by atoms with Gasteiger partial charge in [0.25, 0.3) is 0 Å². The topological polar surface area (TPSA) is 50.4 Å². The zero-order valence-corrected chi connectivity index (χ0v) is 11.3. The number of nitrogens with zero attached hydrogens (tertiary/aromatic N) is 1. The van der Waals surface area contributed by atoms with Crippen LogP contribution in [0.3, 0.4) is 0 Å². The molecular formula is C12H21N3S. The summed E-state index contributed by atoms with van der Waals surface area (Å²) in [6.07, 6.45) is 1.02. The molecule has 1 atom stereocenters. The number of nitrogens with two attached hydrogens (primary N) is 1. The van der Waals surface area contributed by atoms with E-state index in [0.29, 0.717) is 5.96 Å². The number of thiophene rings is 1. The molecule has 0 spiro atoms. The van der Waals surface area contributed by atoms with Gasteiger partial charge in [0.1, 0.15) is 0 Å². The average molecular weight is 239 g/mol. The van der Waals surface area contributed by atoms with Crippen LogP contribution in [0.2, 0.25) is 0 Å². The van der Waals surface area contributed by atoms with Crippen molar-refractivity contribution >= 4 is 17.3 Å². The molecule has 1 unspecified atom stereocenters. The highest BCUT2D eigenvalue weighted by molar-refractivity contribution is 7.12. The van der Waals surface area contributed by atoms with E-state index in [2.05, 4.69) is 44.1 Å². The van der Waals surface area contributed by atoms with Crippen molar-refractivity contribution in [3.63, 3.8) is 0 Å². The number of aliphatic imine (C=N–C) groups is 1. The normalized spacial score (nSPS) is 13.9. The highest BCUT2D eigenvalue weighted by atomic mass is 32.1. The molecule has 0 aliphatic carbocycles. The van der Waals surface area contributed by atoms with E-state index in [0.717, 1.165) is 13.0 Å². The third-order valence-electron chi connectivity index (χ3n) is 2.42. The Bertz CT molecular complexity index is 368. The third-order valence-corrected chi connectivity index (χ3v) is 3.40. The lowest BCUT2D eigenvalue weighted by atomic mass is 10.1. The fourth-order valence-electron chi connectivity index (χ4n) is 1.66. The molecular weight excluding hydrogens is 218 g/mol. The van der Waals surface area contributed by atoms with E-state index >= 15 is 0 Å². The first-order valence-corrected chi connectivity index (χ1v) is 6.49. The van der Waals surface area contributed by atoms with Crippen LogP contribution in [0.15, 0.2) is 11.1 Å². The first-order valence-electron chi connectivity index (χ1n) is 5.68. The lowest BCUT2D eigenvalue weighted by Gasteiger charge is -2.14. The quantitative estimate of drug-likeness (QED) is 0.627. The van der Waals surface area contributed by atoms with Gasteiger partial charge in [0, 0.05) is 16.3 Å². The Morgan fingerprint density at radius 2 is 2.25 bits per heavy atom. The van der Waals surface area contributed by atoms with Gasteiger partial charge >= 0.3 is 0 Å². The zero-order valence-electron chi connectivity index (χ0n) is 10.5. The molecule has 90 valence electrons. The van der Waals surface area contributed by atoms with Crippen LogP contribution in [0.5, 0.6) is 0 Å². The minimum Gasteiger partial charge on any atom is -0.370 e. The molecule has 0 aliphatic rings. The summed E-state index contributed by atoms with van der Waals surface area (Å²) < 4.78 is 0. The van der Waals surface area contributed by atoms with Crippen LogP contribution < -0.4 is 11.1 Å². The summed E-state index contributed by atoms with van der Waals surface area (Å²) >= 11 is 1.82. The smallest absolute Gasteiger partial charge is 0.189 e. The Hall–Kier alpha value is -1.03. The molecule has 0 aliphatic heterocycles. The number of rotatable bonds is 4. The molecule has 16 heavy (non-hydrogen) atoms. The first kappa shape index (κ1) is 13.0. The van der Waals surface area contributed by atoms with E-state index in [4.69, 9.17) is 5.73 Å². The van der Waals surface area contributed by atoms with Crippen LogP contribution in [0.1, 0.15) is 41.6 Å². The molecule has 0 saturated carbocycles. The fraction of sp³-hybridized carbons (Fsp3) is 0.583. The van der Waals surface area contributed by atoms with Gasteiger partial charge in [0.15, 0.2) is 5.96 Å². The summed E-state index contributed by atoms with van der Waals surface area (Å²) in [6, 6.07) is 2.44. The van der Waals surface area contributed by atoms with E-state index < -0.39 is 0 Å². The molecule has 0 amide bonds. The van der Waals surface area contributed by atoms with Gasteiger partial charge in [-0.15, -0.1) is 11.3 Å². The molecule has 3 nitrogen and oxygen atoms in total. The van der Waals surface area contributed by atoms with E-state index in [9.17, 15) is 0 Å². The maximum atomic E-state index is 5.80. The lowest BCUT2D eigenvalue weighted by molar-refractivity contribution is 0.705. The number of hydrogen-bond acceptors (Lipinski definition) is 2. The number of aryl methyl sites for hydroxylation is 2. The molecule has 0 bridgehead atoms. The maximum absolute atomic E-state index is 5.80. The Morgan fingerprint density at radius 1 is 1.56 bits per heavy atom. The molecule has 0 fully saturated rings. The van der Waals surface area contributed by atoms with Crippen molar-refractivity contribution in [2.45, 2.75) is 40.2 Å². The number of nitrogens with one attached hydrogen (secondary N) is 1. The van der Waals surface area contributed by atoms with Crippen LogP contribution in [-0.2, 0) is 0 Å². The molecule has 0 saturated heterocycles. The predicted octanol–water partition coefficient (Wildman–Crippen LogP) is 2.74. The summed E-state index contributed by atoms with van der Waals surface area (Å²) in [7, 11) is 0. The van der Waals surface area contributed by atoms with Crippen molar-refractivity contribution in [3.05, 3.63) is 21.4 Å². The van der Waals surface area contributed by atoms with Gasteiger partial charge in [-0.2, -0.15) is 0 Å². The first-order chi connectivity index (χ1) is 7.54. The largest absolute Gasteiger partial charge is 0.370 e. The highest BCUT2D eigenvalue weighted by Gasteiger charge is 2.11. The molecule has 0 aromatic carbocycles. The van der Waals surface area contributed by atoms with Gasteiger partial charge < -0.3 is 11.1 Å². The summed E-state index contributed by atoms with van der Waals surface area (Å²) in [4.78, 5) is 6.92. The zero-order chi connectivity index (χ0) is 12.1. The van der Waals surface area contributed by atoms with Gasteiger partial charge in [0.2, 0.25) is 0 Å². The van der Waals surface area contributed by atoms with E-state index in [1.165, 1.54) is 15.3 Å². The van der Waals surface area contributed by atoms with Crippen LogP contribution in [0.25, 0.3) is 0 Å². The molecule has 3 N–H and O–H groups in total. The monoisotopic (exact) mass is 239 g/mol. The van der Waals surface area contributed by atoms with Gasteiger partial charge in [-0.3, -0.25) is 4.99 Å². The molecule has 0 radical (unpaired) electrons. The van der Waals surface area contributed by atoms with Crippen molar-refractivity contribution < 1.29 is 0 Å². The summed E-state index contributed by atoms with van der Waals surface area (Å²) in [6.45, 7) is 9.26. The van der Waals surface area contributed by atoms with E-state index in [1.807, 2.05) is 11.3 Å². The Kier molecular flexibility index (Phi) is 4.80. The number of hydrogen-bond donors (Lipinski definition) is 2. The van der Waals surface area contributed by atoms with Gasteiger partial charge in [0.05, 0.1) is 6.04 Å². The second-order valence-electron chi connectivity index (χ2n) is 4.00. The summed E-state index contributed by atoms with van der Waals surface area (Å²) in [5.41, 5.74) is 7.11. The van der Waals surface area contributed by atoms with Gasteiger partial charge in [-0.1, -0.05) is 6.92 Å². The molecule has 4 heteroatoms. The minimum atomic E-state index is 0.227. The Morgan fingerprint density at radius 3 is 2.75 bits per heavy atom. The summed E-state index contributed by atoms with van der Waals surface area (Å²) in [5.74, 6) is 0.539. The van der Waals surface area contributed by atoms with Crippen LogP contribution in [-0.4, -0.2) is 12.5 Å². The third kappa shape index (κ3) is 3.52. The van der Waals surface area contributed by atoms with Crippen LogP contribution >= 0.6 is 11.3 Å². The van der Waals surface area contributed by atoms with Crippen LogP contribution in [0.4, 0.5) is 0 Å². The van der Waals surface area contributed by atoms with Crippen molar-refractivity contribution in [2.24, 2.45) is 10.7 Å². The second kappa shape index (κ2) is 5.89. The van der Waals surface area contributed by atoms with Crippen molar-refractivity contribution in [3.8, 4) is 0 Å². The minimum absolute atomic E-state index is 0.227. The number of guanidine groups is 1. The summed E-state index contributed by atoms with van der Waals surface area (Å²) in [5, 5.41) is 3.22. The average Bonchev–Trinajstić information content (AvgIpc) is 2.54. The Balaban J connectivity index is 2.65. The maximum Gasteiger partial charge on any atom is 0.189 e. The molecule has 1 aromatic rings. The molecule has 1 rings (SSSR count). The van der Waals surface area contributed by atoms with Crippen molar-refractivity contribution in [1.82, 2.24) is 5.32 Å². The van der Waals surface area contributed by atoms with Crippen molar-refractivity contribution in [1.29, 1.82) is 0 Å². The highest BCUT2D eigenvalue weighted by Crippen LogP contribution is 2.25.